The Bertz CT molecular complexity index is 2350. The molecule has 3 aromatic heterocycles. The number of nitrogens with zero attached hydrogens (tertiary/aromatic N) is 5. The molecular weight excluding hydrogens is 795 g/mol. The van der Waals surface area contributed by atoms with Crippen LogP contribution in [0.3, 0.4) is 0 Å². The number of pyridine rings is 1. The van der Waals surface area contributed by atoms with E-state index in [1.807, 2.05) is 91.5 Å². The van der Waals surface area contributed by atoms with Gasteiger partial charge in [-0.1, -0.05) is 108 Å². The lowest BCUT2D eigenvalue weighted by molar-refractivity contribution is 0.0725. The molecule has 0 spiro atoms. The summed E-state index contributed by atoms with van der Waals surface area (Å²) in [6, 6.07) is 34.6. The van der Waals surface area contributed by atoms with Crippen LogP contribution in [0.5, 0.6) is 11.5 Å². The van der Waals surface area contributed by atoms with Crippen LogP contribution in [0.2, 0.25) is 0 Å². The minimum absolute atomic E-state index is 0.428. The highest BCUT2D eigenvalue weighted by atomic mass is 16.5. The Morgan fingerprint density at radius 2 is 0.750 bits per heavy atom. The van der Waals surface area contributed by atoms with E-state index < -0.39 is 11.9 Å². The van der Waals surface area contributed by atoms with Crippen LogP contribution in [0.25, 0.3) is 45.3 Å². The van der Waals surface area contributed by atoms with Crippen molar-refractivity contribution in [2.24, 2.45) is 0 Å². The Hall–Kier alpha value is -6.87. The molecule has 4 aromatic carbocycles. The number of aryl methyl sites for hydroxylation is 2. The van der Waals surface area contributed by atoms with Crippen LogP contribution in [-0.4, -0.2) is 36.9 Å². The number of rotatable bonds is 22. The fourth-order valence-corrected chi connectivity index (χ4v) is 7.47. The molecule has 0 saturated carbocycles. The van der Waals surface area contributed by atoms with Crippen molar-refractivity contribution in [2.45, 2.75) is 104 Å². The first-order valence-corrected chi connectivity index (χ1v) is 22.9. The lowest BCUT2D eigenvalue weighted by Gasteiger charge is -2.09. The molecule has 0 radical (unpaired) electrons. The van der Waals surface area contributed by atoms with E-state index in [-0.39, 0.29) is 0 Å². The summed E-state index contributed by atoms with van der Waals surface area (Å²) < 4.78 is 11.4. The molecular formula is C55H57N5O4. The fourth-order valence-electron chi connectivity index (χ4n) is 7.47. The molecule has 326 valence electrons. The maximum absolute atomic E-state index is 13.0. The van der Waals surface area contributed by atoms with Gasteiger partial charge in [-0.3, -0.25) is 0 Å². The summed E-state index contributed by atoms with van der Waals surface area (Å²) in [7, 11) is 0. The van der Waals surface area contributed by atoms with Crippen molar-refractivity contribution < 1.29 is 19.1 Å². The summed E-state index contributed by atoms with van der Waals surface area (Å²) in [5, 5.41) is 0. The van der Waals surface area contributed by atoms with Gasteiger partial charge in [-0.25, -0.2) is 34.5 Å². The maximum atomic E-state index is 13.0. The van der Waals surface area contributed by atoms with E-state index in [0.29, 0.717) is 34.3 Å². The molecule has 0 unspecified atom stereocenters. The van der Waals surface area contributed by atoms with Crippen molar-refractivity contribution in [1.82, 2.24) is 24.9 Å². The van der Waals surface area contributed by atoms with Gasteiger partial charge >= 0.3 is 11.9 Å². The largest absolute Gasteiger partial charge is 0.423 e. The summed E-state index contributed by atoms with van der Waals surface area (Å²) in [6.45, 7) is 4.47. The van der Waals surface area contributed by atoms with E-state index in [9.17, 15) is 9.59 Å². The lowest BCUT2D eigenvalue weighted by Crippen LogP contribution is -2.08. The number of benzene rings is 4. The van der Waals surface area contributed by atoms with Gasteiger partial charge in [-0.15, -0.1) is 0 Å². The Morgan fingerprint density at radius 3 is 1.12 bits per heavy atom. The number of hydrogen-bond acceptors (Lipinski definition) is 9. The van der Waals surface area contributed by atoms with Crippen molar-refractivity contribution >= 4 is 11.9 Å². The molecule has 0 atom stereocenters. The topological polar surface area (TPSA) is 117 Å². The fraction of sp³-hybridized carbons (Fsp3) is 0.291. The van der Waals surface area contributed by atoms with Gasteiger partial charge in [-0.05, 0) is 122 Å². The molecule has 0 aliphatic rings. The molecule has 0 amide bonds. The predicted octanol–water partition coefficient (Wildman–Crippen LogP) is 13.6. The summed E-state index contributed by atoms with van der Waals surface area (Å²) in [5.74, 6) is 1.21. The van der Waals surface area contributed by atoms with Crippen molar-refractivity contribution in [1.29, 1.82) is 0 Å². The van der Waals surface area contributed by atoms with Crippen LogP contribution in [0.15, 0.2) is 140 Å². The average molecular weight is 852 g/mol. The second-order valence-corrected chi connectivity index (χ2v) is 16.3. The minimum Gasteiger partial charge on any atom is -0.423 e. The maximum Gasteiger partial charge on any atom is 0.343 e. The van der Waals surface area contributed by atoms with Gasteiger partial charge in [-0.2, -0.15) is 0 Å². The summed E-state index contributed by atoms with van der Waals surface area (Å²) in [4.78, 5) is 49.2. The number of unbranched alkanes of at least 4 members (excludes halogenated alkanes) is 10. The van der Waals surface area contributed by atoms with Crippen LogP contribution in [-0.2, 0) is 12.8 Å². The molecule has 0 aliphatic heterocycles. The average Bonchev–Trinajstić information content (AvgIpc) is 3.35. The third-order valence-corrected chi connectivity index (χ3v) is 11.3. The zero-order chi connectivity index (χ0) is 44.4. The highest BCUT2D eigenvalue weighted by Crippen LogP contribution is 2.27. The Labute approximate surface area is 377 Å². The summed E-state index contributed by atoms with van der Waals surface area (Å²) in [6.07, 6.45) is 24.7. The predicted molar refractivity (Wildman–Crippen MR) is 254 cm³/mol. The van der Waals surface area contributed by atoms with Crippen LogP contribution in [0.4, 0.5) is 0 Å². The molecule has 0 bridgehead atoms. The molecule has 7 aromatic rings. The van der Waals surface area contributed by atoms with E-state index in [2.05, 4.69) is 33.8 Å². The minimum atomic E-state index is -0.452. The van der Waals surface area contributed by atoms with Crippen molar-refractivity contribution in [3.05, 3.63) is 162 Å². The summed E-state index contributed by atoms with van der Waals surface area (Å²) in [5.41, 5.74) is 8.09. The smallest absolute Gasteiger partial charge is 0.343 e. The van der Waals surface area contributed by atoms with Crippen molar-refractivity contribution in [2.75, 3.05) is 0 Å². The normalized spacial score (nSPS) is 11.0. The second-order valence-electron chi connectivity index (χ2n) is 16.3. The number of carbonyl (C=O) groups excluding carboxylic acids is 2. The number of esters is 2. The lowest BCUT2D eigenvalue weighted by atomic mass is 10.1. The molecule has 9 heteroatoms. The zero-order valence-electron chi connectivity index (χ0n) is 37.0. The van der Waals surface area contributed by atoms with Gasteiger partial charge in [0.2, 0.25) is 0 Å². The van der Waals surface area contributed by atoms with E-state index >= 15 is 0 Å². The van der Waals surface area contributed by atoms with Crippen LogP contribution in [0.1, 0.15) is 123 Å². The number of aromatic nitrogens is 5. The quantitative estimate of drug-likeness (QED) is 0.0373. The summed E-state index contributed by atoms with van der Waals surface area (Å²) >= 11 is 0. The molecule has 0 fully saturated rings. The Kier molecular flexibility index (Phi) is 16.6. The number of ether oxygens (including phenoxy) is 2. The van der Waals surface area contributed by atoms with Gasteiger partial charge in [0.15, 0.2) is 11.6 Å². The Morgan fingerprint density at radius 1 is 0.406 bits per heavy atom. The first-order valence-electron chi connectivity index (χ1n) is 22.9. The molecule has 64 heavy (non-hydrogen) atoms. The van der Waals surface area contributed by atoms with Gasteiger partial charge < -0.3 is 9.47 Å². The third kappa shape index (κ3) is 13.1. The molecule has 7 rings (SSSR count). The van der Waals surface area contributed by atoms with Crippen LogP contribution in [0, 0.1) is 0 Å². The molecule has 9 nitrogen and oxygen atoms in total. The monoisotopic (exact) mass is 851 g/mol. The SMILES string of the molecule is CCCCCCCCc1cnc(-c2ccc(C(=O)Oc3ccc(-c4cccc(-c5ccc(OC(=O)c6ccc(-c7ncc(CCCCCCCC)cn7)cc6)cc5)n4)cc3)cc2)nc1. The second kappa shape index (κ2) is 23.5. The van der Waals surface area contributed by atoms with Crippen molar-refractivity contribution in [3.8, 4) is 56.8 Å². The first-order chi connectivity index (χ1) is 31.4. The standard InChI is InChI=1S/C55H57N5O4/c1-3-5-7-9-11-13-16-40-36-56-52(57-37-40)44-20-24-46(25-21-44)54(61)63-48-32-28-42(29-33-48)50-18-15-19-51(60-50)43-30-34-49(35-31-43)64-55(62)47-26-22-45(23-27-47)53-58-38-41(39-59-53)17-14-12-10-8-6-4-2/h15,18-39H,3-14,16-17H2,1-2H3. The van der Waals surface area contributed by atoms with E-state index in [0.717, 1.165) is 70.5 Å². The number of carbonyl (C=O) groups is 2. The van der Waals surface area contributed by atoms with Gasteiger partial charge in [0, 0.05) is 47.0 Å². The van der Waals surface area contributed by atoms with Gasteiger partial charge in [0.05, 0.1) is 22.5 Å². The molecule has 0 aliphatic carbocycles. The zero-order valence-corrected chi connectivity index (χ0v) is 37.0. The van der Waals surface area contributed by atoms with Crippen LogP contribution < -0.4 is 9.47 Å². The van der Waals surface area contributed by atoms with Crippen LogP contribution >= 0.6 is 0 Å². The van der Waals surface area contributed by atoms with E-state index in [1.54, 1.807) is 48.5 Å². The van der Waals surface area contributed by atoms with E-state index in [4.69, 9.17) is 14.5 Å². The van der Waals surface area contributed by atoms with Crippen molar-refractivity contribution in [3.63, 3.8) is 0 Å². The first kappa shape index (κ1) is 45.2. The highest BCUT2D eigenvalue weighted by molar-refractivity contribution is 5.92. The van der Waals surface area contributed by atoms with Gasteiger partial charge in [0.1, 0.15) is 11.5 Å². The number of hydrogen-bond donors (Lipinski definition) is 0. The third-order valence-electron chi connectivity index (χ3n) is 11.3. The molecule has 0 N–H and O–H groups in total. The van der Waals surface area contributed by atoms with Gasteiger partial charge in [0.25, 0.3) is 0 Å². The molecule has 0 saturated heterocycles. The van der Waals surface area contributed by atoms with E-state index in [1.165, 1.54) is 64.2 Å². The molecule has 3 heterocycles. The highest BCUT2D eigenvalue weighted by Gasteiger charge is 2.13. The Balaban J connectivity index is 0.876.